The topological polar surface area (TPSA) is 58.6 Å². The second-order valence-electron chi connectivity index (χ2n) is 6.49. The molecule has 0 radical (unpaired) electrons. The summed E-state index contributed by atoms with van der Waals surface area (Å²) in [5.74, 6) is 0.0921. The van der Waals surface area contributed by atoms with Crippen LogP contribution in [0.4, 0.5) is 10.1 Å². The van der Waals surface area contributed by atoms with E-state index >= 15 is 0 Å². The Morgan fingerprint density at radius 1 is 1.20 bits per heavy atom. The average molecular weight is 445 g/mol. The Morgan fingerprint density at radius 2 is 1.90 bits per heavy atom. The van der Waals surface area contributed by atoms with Crippen LogP contribution < -0.4 is 10.1 Å². The third kappa shape index (κ3) is 5.90. The summed E-state index contributed by atoms with van der Waals surface area (Å²) < 4.78 is 18.9. The van der Waals surface area contributed by atoms with Crippen LogP contribution in [-0.2, 0) is 9.59 Å². The highest BCUT2D eigenvalue weighted by molar-refractivity contribution is 8.26. The van der Waals surface area contributed by atoms with Crippen LogP contribution in [0.3, 0.4) is 0 Å². The summed E-state index contributed by atoms with van der Waals surface area (Å²) >= 11 is 6.51. The third-order valence-electron chi connectivity index (χ3n) is 4.28. The molecule has 8 heteroatoms. The van der Waals surface area contributed by atoms with Crippen molar-refractivity contribution < 1.29 is 18.7 Å². The molecule has 1 aliphatic heterocycles. The molecule has 2 aromatic rings. The molecule has 0 unspecified atom stereocenters. The smallest absolute Gasteiger partial charge is 0.266 e. The number of nitrogens with one attached hydrogen (secondary N) is 1. The minimum absolute atomic E-state index is 0.133. The molecule has 1 heterocycles. The van der Waals surface area contributed by atoms with Crippen LogP contribution in [-0.4, -0.2) is 34.2 Å². The van der Waals surface area contributed by atoms with Crippen LogP contribution in [0.25, 0.3) is 6.08 Å². The van der Waals surface area contributed by atoms with Crippen molar-refractivity contribution in [1.29, 1.82) is 0 Å². The third-order valence-corrected chi connectivity index (χ3v) is 5.65. The van der Waals surface area contributed by atoms with Crippen molar-refractivity contribution in [2.24, 2.45) is 0 Å². The van der Waals surface area contributed by atoms with E-state index in [1.165, 1.54) is 28.8 Å². The van der Waals surface area contributed by atoms with Crippen LogP contribution in [0.1, 0.15) is 25.3 Å². The molecule has 1 saturated heterocycles. The number of halogens is 1. The number of rotatable bonds is 8. The molecule has 5 nitrogen and oxygen atoms in total. The minimum atomic E-state index is -0.330. The fourth-order valence-corrected chi connectivity index (χ4v) is 4.13. The van der Waals surface area contributed by atoms with Gasteiger partial charge in [0.2, 0.25) is 5.91 Å². The molecule has 2 amide bonds. The summed E-state index contributed by atoms with van der Waals surface area (Å²) in [7, 11) is 0. The molecular weight excluding hydrogens is 423 g/mol. The average Bonchev–Trinajstić information content (AvgIpc) is 2.99. The lowest BCUT2D eigenvalue weighted by molar-refractivity contribution is -0.122. The van der Waals surface area contributed by atoms with E-state index < -0.39 is 0 Å². The number of anilines is 1. The van der Waals surface area contributed by atoms with Gasteiger partial charge in [0, 0.05) is 18.7 Å². The first-order valence-electron chi connectivity index (χ1n) is 9.50. The van der Waals surface area contributed by atoms with E-state index in [9.17, 15) is 14.0 Å². The maximum absolute atomic E-state index is 13.0. The zero-order valence-electron chi connectivity index (χ0n) is 16.4. The van der Waals surface area contributed by atoms with Gasteiger partial charge in [-0.25, -0.2) is 4.39 Å². The number of ether oxygens (including phenoxy) is 1. The molecule has 30 heavy (non-hydrogen) atoms. The maximum atomic E-state index is 13.0. The number of benzene rings is 2. The molecule has 0 bridgehead atoms. The molecule has 1 aliphatic rings. The lowest BCUT2D eigenvalue weighted by atomic mass is 10.2. The summed E-state index contributed by atoms with van der Waals surface area (Å²) in [5, 5.41) is 2.83. The summed E-state index contributed by atoms with van der Waals surface area (Å²) in [6.45, 7) is 2.86. The Labute approximate surface area is 184 Å². The zero-order chi connectivity index (χ0) is 21.5. The summed E-state index contributed by atoms with van der Waals surface area (Å²) in [4.78, 5) is 26.8. The molecule has 0 spiro atoms. The monoisotopic (exact) mass is 444 g/mol. The summed E-state index contributed by atoms with van der Waals surface area (Å²) in [5.41, 5.74) is 1.42. The summed E-state index contributed by atoms with van der Waals surface area (Å²) in [6.07, 6.45) is 2.44. The molecule has 1 fully saturated rings. The fourth-order valence-electron chi connectivity index (χ4n) is 2.83. The van der Waals surface area contributed by atoms with Crippen LogP contribution in [0.5, 0.6) is 5.75 Å². The van der Waals surface area contributed by atoms with Gasteiger partial charge in [0.1, 0.15) is 15.9 Å². The van der Waals surface area contributed by atoms with Crippen LogP contribution >= 0.6 is 24.0 Å². The van der Waals surface area contributed by atoms with E-state index in [0.29, 0.717) is 34.5 Å². The van der Waals surface area contributed by atoms with Gasteiger partial charge in [-0.15, -0.1) is 0 Å². The highest BCUT2D eigenvalue weighted by atomic mass is 32.2. The number of carbonyl (C=O) groups is 2. The van der Waals surface area contributed by atoms with Crippen molar-refractivity contribution in [3.8, 4) is 5.75 Å². The Morgan fingerprint density at radius 3 is 2.57 bits per heavy atom. The van der Waals surface area contributed by atoms with Gasteiger partial charge < -0.3 is 10.1 Å². The largest absolute Gasteiger partial charge is 0.494 e. The van der Waals surface area contributed by atoms with E-state index in [4.69, 9.17) is 17.0 Å². The first-order chi connectivity index (χ1) is 14.5. The van der Waals surface area contributed by atoms with Gasteiger partial charge in [0.15, 0.2) is 0 Å². The van der Waals surface area contributed by atoms with E-state index in [1.54, 1.807) is 42.5 Å². The molecule has 156 valence electrons. The van der Waals surface area contributed by atoms with Gasteiger partial charge in [-0.2, -0.15) is 0 Å². The molecule has 1 N–H and O–H groups in total. The Hall–Kier alpha value is -2.71. The van der Waals surface area contributed by atoms with E-state index in [-0.39, 0.29) is 24.1 Å². The van der Waals surface area contributed by atoms with Crippen molar-refractivity contribution in [3.05, 3.63) is 64.8 Å². The van der Waals surface area contributed by atoms with Gasteiger partial charge >= 0.3 is 0 Å². The number of amides is 2. The van der Waals surface area contributed by atoms with Crippen LogP contribution in [0.2, 0.25) is 0 Å². The second-order valence-corrected chi connectivity index (χ2v) is 8.17. The van der Waals surface area contributed by atoms with Crippen molar-refractivity contribution >= 4 is 51.9 Å². The predicted octanol–water partition coefficient (Wildman–Crippen LogP) is 4.84. The first-order valence-corrected chi connectivity index (χ1v) is 10.7. The molecular formula is C22H21FN2O3S2. The van der Waals surface area contributed by atoms with Crippen LogP contribution in [0.15, 0.2) is 53.4 Å². The highest BCUT2D eigenvalue weighted by Crippen LogP contribution is 2.32. The van der Waals surface area contributed by atoms with E-state index in [1.807, 2.05) is 6.92 Å². The van der Waals surface area contributed by atoms with Crippen LogP contribution in [0, 0.1) is 5.82 Å². The fraction of sp³-hybridized carbons (Fsp3) is 0.227. The van der Waals surface area contributed by atoms with E-state index in [0.717, 1.165) is 11.3 Å². The second kappa shape index (κ2) is 10.4. The highest BCUT2D eigenvalue weighted by Gasteiger charge is 2.31. The van der Waals surface area contributed by atoms with E-state index in [2.05, 4.69) is 5.32 Å². The van der Waals surface area contributed by atoms with Gasteiger partial charge in [-0.3, -0.25) is 14.5 Å². The zero-order valence-corrected chi connectivity index (χ0v) is 18.0. The van der Waals surface area contributed by atoms with Crippen molar-refractivity contribution in [1.82, 2.24) is 4.90 Å². The molecule has 0 saturated carbocycles. The number of nitrogens with zero attached hydrogens (tertiary/aromatic N) is 1. The molecule has 0 aliphatic carbocycles. The quantitative estimate of drug-likeness (QED) is 0.466. The minimum Gasteiger partial charge on any atom is -0.494 e. The Kier molecular flexibility index (Phi) is 7.59. The predicted molar refractivity (Wildman–Crippen MR) is 122 cm³/mol. The SMILES string of the molecule is CCOc1ccc(NC(=O)CCCN2C(=O)/C(=C/c3ccc(F)cc3)SC2=S)cc1. The van der Waals surface area contributed by atoms with Gasteiger partial charge in [-0.1, -0.05) is 36.1 Å². The maximum Gasteiger partial charge on any atom is 0.266 e. The van der Waals surface area contributed by atoms with Crippen molar-refractivity contribution in [3.63, 3.8) is 0 Å². The van der Waals surface area contributed by atoms with Crippen molar-refractivity contribution in [2.45, 2.75) is 19.8 Å². The molecule has 2 aromatic carbocycles. The normalized spacial score (nSPS) is 15.0. The number of hydrogen-bond donors (Lipinski definition) is 1. The standard InChI is InChI=1S/C22H21FN2O3S2/c1-2-28-18-11-9-17(10-12-18)24-20(26)4-3-13-25-21(27)19(30-22(25)29)14-15-5-7-16(23)8-6-15/h5-12,14H,2-4,13H2,1H3,(H,24,26)/b19-14-. The van der Waals surface area contributed by atoms with Crippen molar-refractivity contribution in [2.75, 3.05) is 18.5 Å². The molecule has 3 rings (SSSR count). The number of hydrogen-bond acceptors (Lipinski definition) is 5. The Bertz CT molecular complexity index is 959. The van der Waals surface area contributed by atoms with Gasteiger partial charge in [-0.05, 0) is 61.4 Å². The molecule has 0 atom stereocenters. The van der Waals surface area contributed by atoms with Gasteiger partial charge in [0.05, 0.1) is 11.5 Å². The number of thiocarbonyl (C=S) groups is 1. The van der Waals surface area contributed by atoms with Gasteiger partial charge in [0.25, 0.3) is 5.91 Å². The molecule has 0 aromatic heterocycles. The number of thioether (sulfide) groups is 1. The number of carbonyl (C=O) groups excluding carboxylic acids is 2. The lowest BCUT2D eigenvalue weighted by Crippen LogP contribution is -2.29. The lowest BCUT2D eigenvalue weighted by Gasteiger charge is -2.14. The Balaban J connectivity index is 1.49. The summed E-state index contributed by atoms with van der Waals surface area (Å²) in [6, 6.07) is 13.1. The first kappa shape index (κ1) is 22.0.